The summed E-state index contributed by atoms with van der Waals surface area (Å²) in [5.74, 6) is 2.74. The molecule has 0 spiro atoms. The fourth-order valence-corrected chi connectivity index (χ4v) is 4.16. The molecule has 1 aliphatic rings. The van der Waals surface area contributed by atoms with Crippen molar-refractivity contribution < 1.29 is 19.7 Å². The van der Waals surface area contributed by atoms with Gasteiger partial charge in [0.15, 0.2) is 0 Å². The molecule has 2 heterocycles. The quantitative estimate of drug-likeness (QED) is 0.368. The predicted molar refractivity (Wildman–Crippen MR) is 126 cm³/mol. The van der Waals surface area contributed by atoms with Gasteiger partial charge in [0.1, 0.15) is 34.9 Å². The summed E-state index contributed by atoms with van der Waals surface area (Å²) in [4.78, 5) is 7.28. The van der Waals surface area contributed by atoms with Gasteiger partial charge in [-0.05, 0) is 66.1 Å². The Hall–Kier alpha value is -4.19. The van der Waals surface area contributed by atoms with Crippen molar-refractivity contribution in [2.75, 3.05) is 6.61 Å². The van der Waals surface area contributed by atoms with E-state index in [9.17, 15) is 10.2 Å². The van der Waals surface area contributed by atoms with Gasteiger partial charge in [0.25, 0.3) is 0 Å². The highest BCUT2D eigenvalue weighted by molar-refractivity contribution is 5.95. The fraction of sp³-hybridized carbons (Fsp3) is 0.148. The zero-order valence-corrected chi connectivity index (χ0v) is 18.2. The van der Waals surface area contributed by atoms with Crippen LogP contribution < -0.4 is 9.47 Å². The third-order valence-corrected chi connectivity index (χ3v) is 5.78. The lowest BCUT2D eigenvalue weighted by atomic mass is 9.86. The van der Waals surface area contributed by atoms with Crippen molar-refractivity contribution in [1.82, 2.24) is 9.97 Å². The largest absolute Gasteiger partial charge is 0.508 e. The van der Waals surface area contributed by atoms with Gasteiger partial charge in [0.2, 0.25) is 0 Å². The Morgan fingerprint density at radius 3 is 2.58 bits per heavy atom. The van der Waals surface area contributed by atoms with Crippen LogP contribution in [0.1, 0.15) is 35.5 Å². The third kappa shape index (κ3) is 4.28. The van der Waals surface area contributed by atoms with Crippen molar-refractivity contribution in [3.8, 4) is 23.0 Å². The van der Waals surface area contributed by atoms with Crippen LogP contribution in [0.3, 0.4) is 0 Å². The molecule has 5 rings (SSSR count). The second-order valence-electron chi connectivity index (χ2n) is 7.97. The summed E-state index contributed by atoms with van der Waals surface area (Å²) in [6.45, 7) is 2.54. The van der Waals surface area contributed by atoms with Crippen molar-refractivity contribution in [3.63, 3.8) is 0 Å². The van der Waals surface area contributed by atoms with E-state index in [4.69, 9.17) is 9.47 Å². The number of H-pyrrole nitrogens is 1. The van der Waals surface area contributed by atoms with E-state index in [-0.39, 0.29) is 17.6 Å². The molecule has 6 heteroatoms. The lowest BCUT2D eigenvalue weighted by Crippen LogP contribution is -2.16. The second kappa shape index (κ2) is 8.74. The number of ether oxygens (including phenoxy) is 2. The number of nitrogens with one attached hydrogen (secondary N) is 1. The molecule has 6 nitrogen and oxygen atoms in total. The van der Waals surface area contributed by atoms with E-state index in [1.54, 1.807) is 42.7 Å². The van der Waals surface area contributed by atoms with Crippen molar-refractivity contribution in [3.05, 3.63) is 102 Å². The maximum atomic E-state index is 10.1. The number of hydrogen-bond donors (Lipinski definition) is 3. The molecule has 1 aromatic heterocycles. The maximum absolute atomic E-state index is 10.1. The van der Waals surface area contributed by atoms with Gasteiger partial charge in [-0.3, -0.25) is 0 Å². The zero-order valence-electron chi connectivity index (χ0n) is 18.2. The van der Waals surface area contributed by atoms with Gasteiger partial charge in [-0.2, -0.15) is 0 Å². The molecule has 33 heavy (non-hydrogen) atoms. The van der Waals surface area contributed by atoms with Crippen LogP contribution in [0.15, 0.2) is 79.1 Å². The average Bonchev–Trinajstić information content (AvgIpc) is 3.33. The normalized spacial score (nSPS) is 15.1. The molecule has 0 bridgehead atoms. The van der Waals surface area contributed by atoms with Gasteiger partial charge >= 0.3 is 0 Å². The van der Waals surface area contributed by atoms with Gasteiger partial charge in [-0.25, -0.2) is 4.98 Å². The van der Waals surface area contributed by atoms with Gasteiger partial charge in [0, 0.05) is 30.0 Å². The monoisotopic (exact) mass is 440 g/mol. The predicted octanol–water partition coefficient (Wildman–Crippen LogP) is 5.51. The van der Waals surface area contributed by atoms with Crippen LogP contribution in [-0.4, -0.2) is 26.8 Å². The molecule has 1 atom stereocenters. The number of aromatic amines is 1. The van der Waals surface area contributed by atoms with E-state index in [2.05, 4.69) is 9.97 Å². The number of allylic oxidation sites excluding steroid dienone is 1. The minimum Gasteiger partial charge on any atom is -0.508 e. The number of fused-ring (bicyclic) bond motifs is 1. The Bertz CT molecular complexity index is 1290. The molecular weight excluding hydrogens is 416 g/mol. The Morgan fingerprint density at radius 2 is 1.82 bits per heavy atom. The van der Waals surface area contributed by atoms with Crippen LogP contribution in [0.25, 0.3) is 11.1 Å². The third-order valence-electron chi connectivity index (χ3n) is 5.78. The Balaban J connectivity index is 1.45. The number of benzene rings is 3. The smallest absolute Gasteiger partial charge is 0.150 e. The van der Waals surface area contributed by atoms with Gasteiger partial charge < -0.3 is 24.7 Å². The first-order chi connectivity index (χ1) is 16.1. The minimum atomic E-state index is -0.374. The van der Waals surface area contributed by atoms with Crippen molar-refractivity contribution in [2.45, 2.75) is 19.4 Å². The highest BCUT2D eigenvalue weighted by Gasteiger charge is 2.29. The van der Waals surface area contributed by atoms with Gasteiger partial charge in [-0.15, -0.1) is 0 Å². The maximum Gasteiger partial charge on any atom is 0.150 e. The molecule has 0 saturated carbocycles. The number of nitrogens with zero attached hydrogens (tertiary/aromatic N) is 1. The van der Waals surface area contributed by atoms with Crippen LogP contribution in [0, 0.1) is 0 Å². The van der Waals surface area contributed by atoms with E-state index in [1.807, 2.05) is 43.3 Å². The number of imidazole rings is 1. The minimum absolute atomic E-state index is 0.182. The molecule has 0 saturated heterocycles. The first kappa shape index (κ1) is 20.7. The Labute approximate surface area is 191 Å². The van der Waals surface area contributed by atoms with Crippen LogP contribution in [0.2, 0.25) is 0 Å². The molecule has 1 aliphatic heterocycles. The van der Waals surface area contributed by atoms with Gasteiger partial charge in [-0.1, -0.05) is 24.3 Å². The van der Waals surface area contributed by atoms with Crippen LogP contribution in [-0.2, 0) is 6.42 Å². The molecule has 1 unspecified atom stereocenters. The van der Waals surface area contributed by atoms with Crippen molar-refractivity contribution in [2.24, 2.45) is 0 Å². The molecule has 3 N–H and O–H groups in total. The summed E-state index contributed by atoms with van der Waals surface area (Å²) in [7, 11) is 0. The summed E-state index contributed by atoms with van der Waals surface area (Å²) in [6.07, 6.45) is 3.86. The molecule has 0 amide bonds. The number of phenols is 2. The Morgan fingerprint density at radius 1 is 1.00 bits per heavy atom. The highest BCUT2D eigenvalue weighted by Crippen LogP contribution is 2.47. The summed E-state index contributed by atoms with van der Waals surface area (Å²) in [5, 5.41) is 20.1. The molecule has 3 aromatic carbocycles. The van der Waals surface area contributed by atoms with E-state index in [1.165, 1.54) is 0 Å². The number of aromatic hydroxyl groups is 2. The summed E-state index contributed by atoms with van der Waals surface area (Å²) in [6, 6.07) is 20.1. The highest BCUT2D eigenvalue weighted by atomic mass is 16.5. The molecular formula is C27H24N2O4. The lowest BCUT2D eigenvalue weighted by Gasteiger charge is -2.31. The first-order valence-corrected chi connectivity index (χ1v) is 10.8. The summed E-state index contributed by atoms with van der Waals surface area (Å²) in [5.41, 5.74) is 4.59. The van der Waals surface area contributed by atoms with E-state index < -0.39 is 0 Å². The first-order valence-electron chi connectivity index (χ1n) is 10.8. The molecule has 0 aliphatic carbocycles. The van der Waals surface area contributed by atoms with Crippen LogP contribution >= 0.6 is 0 Å². The summed E-state index contributed by atoms with van der Waals surface area (Å²) >= 11 is 0. The molecule has 4 aromatic rings. The van der Waals surface area contributed by atoms with Gasteiger partial charge in [0.05, 0.1) is 6.61 Å². The Kier molecular flexibility index (Phi) is 5.48. The van der Waals surface area contributed by atoms with E-state index in [0.29, 0.717) is 18.8 Å². The lowest BCUT2D eigenvalue weighted by molar-refractivity contribution is 0.259. The van der Waals surface area contributed by atoms with E-state index in [0.717, 1.165) is 39.4 Å². The topological polar surface area (TPSA) is 87.6 Å². The molecule has 0 radical (unpaired) electrons. The molecule has 0 fully saturated rings. The summed E-state index contributed by atoms with van der Waals surface area (Å²) < 4.78 is 12.3. The van der Waals surface area contributed by atoms with Crippen molar-refractivity contribution in [1.29, 1.82) is 0 Å². The number of phenolic OH excluding ortho intramolecular Hbond substituents is 2. The van der Waals surface area contributed by atoms with Crippen LogP contribution in [0.5, 0.6) is 23.0 Å². The number of aromatic nitrogens is 2. The zero-order chi connectivity index (χ0) is 22.8. The molecule has 166 valence electrons. The van der Waals surface area contributed by atoms with Crippen molar-refractivity contribution >= 4 is 11.1 Å². The number of rotatable bonds is 6. The van der Waals surface area contributed by atoms with Crippen LogP contribution in [0.4, 0.5) is 0 Å². The average molecular weight is 440 g/mol. The van der Waals surface area contributed by atoms with E-state index >= 15 is 0 Å². The number of hydrogen-bond acceptors (Lipinski definition) is 5. The fourth-order valence-electron chi connectivity index (χ4n) is 4.16. The SMILES string of the molecule is CC1=C(c2cccc(O)c2)C(c2ccc(OCCc3ncc[nH]3)cc2)Oc2ccc(O)cc21. The second-order valence-corrected chi connectivity index (χ2v) is 7.97. The standard InChI is InChI=1S/C27H24N2O4/c1-17-23-16-21(31)7-10-24(23)33-27(26(17)19-3-2-4-20(30)15-19)18-5-8-22(9-6-18)32-14-11-25-28-12-13-29-25/h2-10,12-13,15-16,27,30-31H,11,14H2,1H3,(H,28,29).